The van der Waals surface area contributed by atoms with Crippen LogP contribution < -0.4 is 0 Å². The summed E-state index contributed by atoms with van der Waals surface area (Å²) in [5.74, 6) is -0.840. The summed E-state index contributed by atoms with van der Waals surface area (Å²) in [5.41, 5.74) is 2.79. The highest BCUT2D eigenvalue weighted by molar-refractivity contribution is 5.68. The Bertz CT molecular complexity index is 339. The molecule has 0 atom stereocenters. The molecule has 3 nitrogen and oxygen atoms in total. The van der Waals surface area contributed by atoms with Gasteiger partial charge in [-0.3, -0.25) is 4.79 Å². The van der Waals surface area contributed by atoms with E-state index < -0.39 is 5.97 Å². The first-order valence-corrected chi connectivity index (χ1v) is 8.61. The molecule has 0 fully saturated rings. The van der Waals surface area contributed by atoms with Gasteiger partial charge in [0.05, 0.1) is 19.6 Å². The van der Waals surface area contributed by atoms with Gasteiger partial charge in [0.25, 0.3) is 0 Å². The number of rotatable bonds is 15. The third-order valence-electron chi connectivity index (χ3n) is 3.28. The Morgan fingerprint density at radius 3 is 2.41 bits per heavy atom. The first-order chi connectivity index (χ1) is 10.8. The normalized spacial score (nSPS) is 10.6. The molecule has 126 valence electrons. The topological polar surface area (TPSA) is 46.5 Å². The van der Waals surface area contributed by atoms with Crippen molar-refractivity contribution in [2.75, 3.05) is 13.2 Å². The molecule has 0 aliphatic carbocycles. The first kappa shape index (κ1) is 20.7. The van der Waals surface area contributed by atoms with E-state index in [1.54, 1.807) is 6.08 Å². The van der Waals surface area contributed by atoms with Crippen LogP contribution in [0, 0.1) is 0 Å². The minimum atomic E-state index is -0.840. The van der Waals surface area contributed by atoms with Crippen molar-refractivity contribution in [3.63, 3.8) is 0 Å². The van der Waals surface area contributed by atoms with Gasteiger partial charge in [-0.25, -0.2) is 0 Å². The monoisotopic (exact) mass is 308 g/mol. The van der Waals surface area contributed by atoms with Crippen LogP contribution in [0.5, 0.6) is 0 Å². The molecule has 1 N–H and O–H groups in total. The minimum absolute atomic E-state index is 0.0117. The average molecular weight is 308 g/mol. The number of aliphatic carboxylic acids is 1. The summed E-state index contributed by atoms with van der Waals surface area (Å²) in [6.07, 6.45) is 19.2. The molecule has 0 rings (SSSR count). The lowest BCUT2D eigenvalue weighted by atomic mass is 10.1. The zero-order chi connectivity index (χ0) is 16.3. The Hall–Kier alpha value is -1.31. The van der Waals surface area contributed by atoms with Crippen LogP contribution in [0.25, 0.3) is 0 Å². The summed E-state index contributed by atoms with van der Waals surface area (Å²) >= 11 is 0. The minimum Gasteiger partial charge on any atom is -0.481 e. The van der Waals surface area contributed by atoms with Crippen molar-refractivity contribution in [2.45, 2.75) is 71.1 Å². The second kappa shape index (κ2) is 17.7. The van der Waals surface area contributed by atoms with Gasteiger partial charge in [-0.05, 0) is 31.4 Å². The highest BCUT2D eigenvalue weighted by Crippen LogP contribution is 2.08. The van der Waals surface area contributed by atoms with Crippen molar-refractivity contribution < 1.29 is 14.6 Å². The second-order valence-corrected chi connectivity index (χ2v) is 5.42. The Kier molecular flexibility index (Phi) is 16.7. The molecule has 0 aliphatic rings. The van der Waals surface area contributed by atoms with Gasteiger partial charge < -0.3 is 9.84 Å². The maximum absolute atomic E-state index is 10.2. The highest BCUT2D eigenvalue weighted by Gasteiger charge is 1.89. The van der Waals surface area contributed by atoms with Crippen molar-refractivity contribution in [2.24, 2.45) is 0 Å². The van der Waals surface area contributed by atoms with Crippen LogP contribution in [-0.2, 0) is 9.53 Å². The number of hydrogen-bond acceptors (Lipinski definition) is 2. The second-order valence-electron chi connectivity index (χ2n) is 5.42. The van der Waals surface area contributed by atoms with E-state index in [-0.39, 0.29) is 6.42 Å². The molecule has 0 saturated carbocycles. The fourth-order valence-corrected chi connectivity index (χ4v) is 2.03. The number of unbranched alkanes of at least 4 members (excludes halogenated alkanes) is 7. The van der Waals surface area contributed by atoms with Crippen LogP contribution in [0.2, 0.25) is 0 Å². The standard InChI is InChI=1S/C19H32O3/c1-2-3-4-5-6-7-8-9-10-11-14-17-22-18-15-12-13-16-19(20)21/h10-11,13,15H,2-9,14,16-18H2,1H3,(H,20,21)/b11-10-. The Morgan fingerprint density at radius 2 is 1.68 bits per heavy atom. The van der Waals surface area contributed by atoms with Crippen molar-refractivity contribution >= 4 is 5.97 Å². The fraction of sp³-hybridized carbons (Fsp3) is 0.684. The fourth-order valence-electron chi connectivity index (χ4n) is 2.03. The van der Waals surface area contributed by atoms with Crippen LogP contribution in [0.1, 0.15) is 71.1 Å². The summed E-state index contributed by atoms with van der Waals surface area (Å²) in [4.78, 5) is 10.2. The van der Waals surface area contributed by atoms with Gasteiger partial charge in [-0.2, -0.15) is 0 Å². The Morgan fingerprint density at radius 1 is 1.00 bits per heavy atom. The van der Waals surface area contributed by atoms with Crippen LogP contribution in [-0.4, -0.2) is 24.3 Å². The van der Waals surface area contributed by atoms with Crippen molar-refractivity contribution in [1.29, 1.82) is 0 Å². The number of hydrogen-bond donors (Lipinski definition) is 1. The van der Waals surface area contributed by atoms with E-state index in [4.69, 9.17) is 9.84 Å². The summed E-state index contributed by atoms with van der Waals surface area (Å²) < 4.78 is 5.39. The molecule has 0 unspecified atom stereocenters. The highest BCUT2D eigenvalue weighted by atomic mass is 16.5. The zero-order valence-corrected chi connectivity index (χ0v) is 14.1. The van der Waals surface area contributed by atoms with Gasteiger partial charge in [0.1, 0.15) is 0 Å². The lowest BCUT2D eigenvalue weighted by Crippen LogP contribution is -1.92. The van der Waals surface area contributed by atoms with E-state index in [0.29, 0.717) is 13.2 Å². The number of carbonyl (C=O) groups is 1. The molecule has 0 amide bonds. The van der Waals surface area contributed by atoms with Crippen LogP contribution >= 0.6 is 0 Å². The zero-order valence-electron chi connectivity index (χ0n) is 14.1. The van der Waals surface area contributed by atoms with Crippen molar-refractivity contribution in [1.82, 2.24) is 0 Å². The molecule has 0 aromatic rings. The SMILES string of the molecule is CCCCCCCCC/C=C\CCOCC=C=CCC(=O)O. The predicted octanol–water partition coefficient (Wildman–Crippen LogP) is 5.28. The maximum Gasteiger partial charge on any atom is 0.307 e. The summed E-state index contributed by atoms with van der Waals surface area (Å²) in [5, 5.41) is 8.42. The molecular formula is C19H32O3. The number of allylic oxidation sites excluding steroid dienone is 1. The first-order valence-electron chi connectivity index (χ1n) is 8.61. The van der Waals surface area contributed by atoms with Gasteiger partial charge in [0, 0.05) is 0 Å². The van der Waals surface area contributed by atoms with Gasteiger partial charge in [0.2, 0.25) is 0 Å². The Labute approximate surface area is 135 Å². The molecule has 0 aliphatic heterocycles. The van der Waals surface area contributed by atoms with Gasteiger partial charge in [-0.1, -0.05) is 57.6 Å². The molecule has 0 aromatic carbocycles. The molecular weight excluding hydrogens is 276 g/mol. The van der Waals surface area contributed by atoms with Gasteiger partial charge in [0.15, 0.2) is 0 Å². The van der Waals surface area contributed by atoms with Crippen molar-refractivity contribution in [3.8, 4) is 0 Å². The smallest absolute Gasteiger partial charge is 0.307 e. The number of ether oxygens (including phenoxy) is 1. The molecule has 0 spiro atoms. The van der Waals surface area contributed by atoms with E-state index in [2.05, 4.69) is 24.8 Å². The van der Waals surface area contributed by atoms with E-state index in [1.807, 2.05) is 0 Å². The third-order valence-corrected chi connectivity index (χ3v) is 3.28. The molecule has 0 bridgehead atoms. The summed E-state index contributed by atoms with van der Waals surface area (Å²) in [6.45, 7) is 3.44. The van der Waals surface area contributed by atoms with Crippen LogP contribution in [0.4, 0.5) is 0 Å². The van der Waals surface area contributed by atoms with E-state index >= 15 is 0 Å². The van der Waals surface area contributed by atoms with E-state index in [9.17, 15) is 4.79 Å². The van der Waals surface area contributed by atoms with Gasteiger partial charge >= 0.3 is 5.97 Å². The lowest BCUT2D eigenvalue weighted by Gasteiger charge is -1.99. The number of carboxylic acids is 1. The van der Waals surface area contributed by atoms with Crippen LogP contribution in [0.15, 0.2) is 30.0 Å². The molecule has 0 aromatic heterocycles. The Balaban J connectivity index is 3.24. The van der Waals surface area contributed by atoms with Crippen molar-refractivity contribution in [3.05, 3.63) is 30.0 Å². The van der Waals surface area contributed by atoms with E-state index in [1.165, 1.54) is 57.4 Å². The molecule has 3 heteroatoms. The molecule has 0 heterocycles. The predicted molar refractivity (Wildman–Crippen MR) is 92.1 cm³/mol. The maximum atomic E-state index is 10.2. The quantitative estimate of drug-likeness (QED) is 0.254. The van der Waals surface area contributed by atoms with Crippen LogP contribution in [0.3, 0.4) is 0 Å². The lowest BCUT2D eigenvalue weighted by molar-refractivity contribution is -0.135. The third kappa shape index (κ3) is 18.7. The summed E-state index contributed by atoms with van der Waals surface area (Å²) in [6, 6.07) is 0. The largest absolute Gasteiger partial charge is 0.481 e. The number of carboxylic acid groups (broad SMARTS) is 1. The summed E-state index contributed by atoms with van der Waals surface area (Å²) in [7, 11) is 0. The molecule has 22 heavy (non-hydrogen) atoms. The molecule has 0 radical (unpaired) electrons. The molecule has 0 saturated heterocycles. The van der Waals surface area contributed by atoms with E-state index in [0.717, 1.165) is 6.42 Å². The van der Waals surface area contributed by atoms with Gasteiger partial charge in [-0.15, -0.1) is 5.73 Å². The average Bonchev–Trinajstić information content (AvgIpc) is 2.50.